The quantitative estimate of drug-likeness (QED) is 0.709. The number of piperazine rings is 1. The summed E-state index contributed by atoms with van der Waals surface area (Å²) in [4.78, 5) is 31.4. The van der Waals surface area contributed by atoms with Crippen molar-refractivity contribution in [2.75, 3.05) is 26.2 Å². The number of imide groups is 1. The molecule has 0 N–H and O–H groups in total. The van der Waals surface area contributed by atoms with Gasteiger partial charge in [-0.2, -0.15) is 0 Å². The van der Waals surface area contributed by atoms with Crippen LogP contribution in [0.3, 0.4) is 0 Å². The number of carbonyl (C=O) groups excluding carboxylic acids is 2. The predicted octanol–water partition coefficient (Wildman–Crippen LogP) is 3.27. The van der Waals surface area contributed by atoms with Gasteiger partial charge in [-0.05, 0) is 44.5 Å². The third kappa shape index (κ3) is 4.11. The first kappa shape index (κ1) is 19.8. The van der Waals surface area contributed by atoms with Crippen molar-refractivity contribution >= 4 is 11.8 Å². The number of nitrogens with zero attached hydrogens (tertiary/aromatic N) is 3. The van der Waals surface area contributed by atoms with Crippen molar-refractivity contribution in [3.8, 4) is 0 Å². The Hall–Kier alpha value is -2.50. The molecule has 4 rings (SSSR count). The molecule has 0 saturated carbocycles. The van der Waals surface area contributed by atoms with E-state index in [1.54, 1.807) is 12.1 Å². The molecule has 0 spiro atoms. The fraction of sp³-hybridized carbons (Fsp3) is 0.417. The van der Waals surface area contributed by atoms with E-state index in [4.69, 9.17) is 0 Å². The van der Waals surface area contributed by atoms with Crippen LogP contribution in [0.2, 0.25) is 0 Å². The van der Waals surface area contributed by atoms with Gasteiger partial charge in [-0.3, -0.25) is 19.4 Å². The largest absolute Gasteiger partial charge is 0.300 e. The van der Waals surface area contributed by atoms with E-state index in [9.17, 15) is 9.59 Å². The zero-order chi connectivity index (χ0) is 20.4. The van der Waals surface area contributed by atoms with Crippen molar-refractivity contribution in [2.45, 2.75) is 38.9 Å². The smallest absolute Gasteiger partial charge is 0.261 e. The summed E-state index contributed by atoms with van der Waals surface area (Å²) in [5, 5.41) is 0. The molecular weight excluding hydrogens is 362 g/mol. The number of amides is 2. The van der Waals surface area contributed by atoms with E-state index >= 15 is 0 Å². The van der Waals surface area contributed by atoms with E-state index in [2.05, 4.69) is 54.0 Å². The van der Waals surface area contributed by atoms with Gasteiger partial charge in [-0.15, -0.1) is 0 Å². The van der Waals surface area contributed by atoms with E-state index in [1.807, 2.05) is 12.1 Å². The van der Waals surface area contributed by atoms with E-state index in [0.717, 1.165) is 32.6 Å². The Labute approximate surface area is 172 Å². The van der Waals surface area contributed by atoms with Gasteiger partial charge in [-0.25, -0.2) is 0 Å². The lowest BCUT2D eigenvalue weighted by molar-refractivity contribution is 0.0308. The SMILES string of the molecule is C[C@@H]1CN(CCCN2C(=O)c3ccccc3C2=O)C[C@H](C)N1Cc1ccccc1. The van der Waals surface area contributed by atoms with Gasteiger partial charge in [0, 0.05) is 38.3 Å². The Morgan fingerprint density at radius 3 is 1.93 bits per heavy atom. The monoisotopic (exact) mass is 391 g/mol. The molecule has 2 aliphatic heterocycles. The van der Waals surface area contributed by atoms with Crippen LogP contribution in [0.25, 0.3) is 0 Å². The second-order valence-corrected chi connectivity index (χ2v) is 8.28. The number of hydrogen-bond donors (Lipinski definition) is 0. The molecule has 29 heavy (non-hydrogen) atoms. The van der Waals surface area contributed by atoms with Crippen LogP contribution in [0, 0.1) is 0 Å². The van der Waals surface area contributed by atoms with Gasteiger partial charge in [0.15, 0.2) is 0 Å². The van der Waals surface area contributed by atoms with Gasteiger partial charge in [0.2, 0.25) is 0 Å². The third-order valence-corrected chi connectivity index (χ3v) is 6.12. The summed E-state index contributed by atoms with van der Waals surface area (Å²) in [6.45, 7) is 8.97. The van der Waals surface area contributed by atoms with Crippen LogP contribution in [0.1, 0.15) is 46.5 Å². The summed E-state index contributed by atoms with van der Waals surface area (Å²) in [6, 6.07) is 18.7. The first-order valence-electron chi connectivity index (χ1n) is 10.5. The summed E-state index contributed by atoms with van der Waals surface area (Å²) in [7, 11) is 0. The molecule has 0 bridgehead atoms. The molecule has 1 saturated heterocycles. The fourth-order valence-electron chi connectivity index (χ4n) is 4.65. The molecule has 1 fully saturated rings. The van der Waals surface area contributed by atoms with Crippen LogP contribution in [0.4, 0.5) is 0 Å². The summed E-state index contributed by atoms with van der Waals surface area (Å²) in [5.41, 5.74) is 2.42. The highest BCUT2D eigenvalue weighted by Crippen LogP contribution is 2.23. The Bertz CT molecular complexity index is 836. The van der Waals surface area contributed by atoms with E-state index < -0.39 is 0 Å². The molecule has 2 aromatic rings. The molecule has 2 atom stereocenters. The number of rotatable bonds is 6. The van der Waals surface area contributed by atoms with Crippen molar-refractivity contribution in [3.63, 3.8) is 0 Å². The van der Waals surface area contributed by atoms with Crippen molar-refractivity contribution in [2.24, 2.45) is 0 Å². The van der Waals surface area contributed by atoms with E-state index in [0.29, 0.717) is 29.8 Å². The van der Waals surface area contributed by atoms with Gasteiger partial charge in [0.1, 0.15) is 0 Å². The second kappa shape index (κ2) is 8.47. The molecule has 5 nitrogen and oxygen atoms in total. The topological polar surface area (TPSA) is 43.9 Å². The maximum Gasteiger partial charge on any atom is 0.261 e. The summed E-state index contributed by atoms with van der Waals surface area (Å²) in [6.07, 6.45) is 0.809. The minimum atomic E-state index is -0.153. The lowest BCUT2D eigenvalue weighted by atomic mass is 10.1. The molecule has 0 unspecified atom stereocenters. The highest BCUT2D eigenvalue weighted by Gasteiger charge is 2.35. The van der Waals surface area contributed by atoms with Crippen molar-refractivity contribution in [1.82, 2.24) is 14.7 Å². The van der Waals surface area contributed by atoms with Crippen LogP contribution >= 0.6 is 0 Å². The number of benzene rings is 2. The Morgan fingerprint density at radius 2 is 1.34 bits per heavy atom. The van der Waals surface area contributed by atoms with Gasteiger partial charge < -0.3 is 4.90 Å². The average Bonchev–Trinajstić information content (AvgIpc) is 2.97. The minimum absolute atomic E-state index is 0.153. The van der Waals surface area contributed by atoms with Gasteiger partial charge in [0.25, 0.3) is 11.8 Å². The van der Waals surface area contributed by atoms with Gasteiger partial charge in [-0.1, -0.05) is 42.5 Å². The first-order valence-corrected chi connectivity index (χ1v) is 10.5. The Balaban J connectivity index is 1.29. The van der Waals surface area contributed by atoms with Gasteiger partial charge >= 0.3 is 0 Å². The molecular formula is C24H29N3O2. The van der Waals surface area contributed by atoms with Crippen LogP contribution in [-0.2, 0) is 6.54 Å². The molecule has 0 radical (unpaired) electrons. The highest BCUT2D eigenvalue weighted by atomic mass is 16.2. The van der Waals surface area contributed by atoms with Crippen LogP contribution in [0.15, 0.2) is 54.6 Å². The molecule has 2 aliphatic rings. The normalized spacial score (nSPS) is 22.9. The maximum absolute atomic E-state index is 12.5. The highest BCUT2D eigenvalue weighted by molar-refractivity contribution is 6.21. The standard InChI is InChI=1S/C24H29N3O2/c1-18-15-25(16-19(2)27(18)17-20-9-4-3-5-10-20)13-8-14-26-23(28)21-11-6-7-12-22(21)24(26)29/h3-7,9-12,18-19H,8,13-17H2,1-2H3/t18-,19+. The molecule has 2 heterocycles. The molecule has 0 aliphatic carbocycles. The Morgan fingerprint density at radius 1 is 0.793 bits per heavy atom. The van der Waals surface area contributed by atoms with Crippen molar-refractivity contribution in [3.05, 3.63) is 71.3 Å². The first-order chi connectivity index (χ1) is 14.0. The lowest BCUT2D eigenvalue weighted by Gasteiger charge is -2.44. The molecule has 2 amide bonds. The molecule has 5 heteroatoms. The molecule has 0 aromatic heterocycles. The minimum Gasteiger partial charge on any atom is -0.300 e. The van der Waals surface area contributed by atoms with Crippen LogP contribution < -0.4 is 0 Å². The third-order valence-electron chi connectivity index (χ3n) is 6.12. The zero-order valence-corrected chi connectivity index (χ0v) is 17.3. The average molecular weight is 392 g/mol. The number of fused-ring (bicyclic) bond motifs is 1. The maximum atomic E-state index is 12.5. The fourth-order valence-corrected chi connectivity index (χ4v) is 4.65. The second-order valence-electron chi connectivity index (χ2n) is 8.28. The number of carbonyl (C=O) groups is 2. The van der Waals surface area contributed by atoms with Crippen molar-refractivity contribution < 1.29 is 9.59 Å². The van der Waals surface area contributed by atoms with Crippen molar-refractivity contribution in [1.29, 1.82) is 0 Å². The lowest BCUT2D eigenvalue weighted by Crippen LogP contribution is -2.56. The molecule has 2 aromatic carbocycles. The van der Waals surface area contributed by atoms with Crippen LogP contribution in [0.5, 0.6) is 0 Å². The van der Waals surface area contributed by atoms with E-state index in [-0.39, 0.29) is 11.8 Å². The number of hydrogen-bond acceptors (Lipinski definition) is 4. The molecule has 152 valence electrons. The van der Waals surface area contributed by atoms with E-state index in [1.165, 1.54) is 10.5 Å². The summed E-state index contributed by atoms with van der Waals surface area (Å²) >= 11 is 0. The summed E-state index contributed by atoms with van der Waals surface area (Å²) < 4.78 is 0. The Kier molecular flexibility index (Phi) is 5.79. The van der Waals surface area contributed by atoms with Crippen LogP contribution in [-0.4, -0.2) is 64.8 Å². The zero-order valence-electron chi connectivity index (χ0n) is 17.3. The predicted molar refractivity (Wildman–Crippen MR) is 114 cm³/mol. The summed E-state index contributed by atoms with van der Waals surface area (Å²) in [5.74, 6) is -0.306. The van der Waals surface area contributed by atoms with Gasteiger partial charge in [0.05, 0.1) is 11.1 Å².